The molecule has 0 aromatic carbocycles. The maximum Gasteiger partial charge on any atom is 0.303 e. The van der Waals surface area contributed by atoms with Crippen LogP contribution in [-0.2, 0) is 4.79 Å². The van der Waals surface area contributed by atoms with Gasteiger partial charge in [0.1, 0.15) is 5.69 Å². The normalized spacial score (nSPS) is 10.2. The molecular weight excluding hydrogens is 300 g/mol. The van der Waals surface area contributed by atoms with Crippen molar-refractivity contribution in [1.82, 2.24) is 9.88 Å². The Kier molecular flexibility index (Phi) is 5.27. The highest BCUT2D eigenvalue weighted by Gasteiger charge is 2.17. The van der Waals surface area contributed by atoms with Crippen LogP contribution in [0, 0.1) is 6.92 Å². The van der Waals surface area contributed by atoms with Gasteiger partial charge in [0.05, 0.1) is 4.47 Å². The fourth-order valence-corrected chi connectivity index (χ4v) is 1.84. The van der Waals surface area contributed by atoms with E-state index in [0.717, 1.165) is 5.56 Å². The van der Waals surface area contributed by atoms with Gasteiger partial charge in [-0.15, -0.1) is 0 Å². The molecule has 0 aliphatic heterocycles. The fraction of sp³-hybridized carbons (Fsp3) is 0.417. The number of halogens is 1. The van der Waals surface area contributed by atoms with E-state index >= 15 is 0 Å². The number of aromatic nitrogens is 1. The van der Waals surface area contributed by atoms with Crippen molar-refractivity contribution in [3.63, 3.8) is 0 Å². The monoisotopic (exact) mass is 314 g/mol. The molecular formula is C12H15BrN2O3. The number of carboxylic acid groups (broad SMARTS) is 1. The number of hydrogen-bond acceptors (Lipinski definition) is 3. The topological polar surface area (TPSA) is 70.5 Å². The number of hydrogen-bond donors (Lipinski definition) is 1. The summed E-state index contributed by atoms with van der Waals surface area (Å²) in [6, 6.07) is 1.81. The molecule has 98 valence electrons. The van der Waals surface area contributed by atoms with Crippen LogP contribution in [0.5, 0.6) is 0 Å². The number of nitrogens with zero attached hydrogens (tertiary/aromatic N) is 2. The smallest absolute Gasteiger partial charge is 0.303 e. The van der Waals surface area contributed by atoms with Crippen LogP contribution in [0.1, 0.15) is 28.9 Å². The zero-order valence-electron chi connectivity index (χ0n) is 10.3. The van der Waals surface area contributed by atoms with Crippen LogP contribution in [0.25, 0.3) is 0 Å². The SMILES string of the molecule is Cc1ccnc(C(=O)N(C)CCCC(=O)O)c1Br. The van der Waals surface area contributed by atoms with Gasteiger partial charge in [-0.3, -0.25) is 9.59 Å². The number of amides is 1. The average Bonchev–Trinajstić information content (AvgIpc) is 2.31. The Morgan fingerprint density at radius 1 is 1.50 bits per heavy atom. The summed E-state index contributed by atoms with van der Waals surface area (Å²) in [6.45, 7) is 2.28. The minimum Gasteiger partial charge on any atom is -0.481 e. The largest absolute Gasteiger partial charge is 0.481 e. The molecule has 0 saturated carbocycles. The second-order valence-corrected chi connectivity index (χ2v) is 4.81. The van der Waals surface area contributed by atoms with Crippen molar-refractivity contribution in [3.05, 3.63) is 28.0 Å². The molecule has 18 heavy (non-hydrogen) atoms. The molecule has 1 aromatic rings. The summed E-state index contributed by atoms with van der Waals surface area (Å²) in [6.07, 6.45) is 2.07. The molecule has 0 fully saturated rings. The van der Waals surface area contributed by atoms with Crippen molar-refractivity contribution >= 4 is 27.8 Å². The van der Waals surface area contributed by atoms with Gasteiger partial charge >= 0.3 is 5.97 Å². The third-order valence-corrected chi connectivity index (χ3v) is 3.52. The van der Waals surface area contributed by atoms with Gasteiger partial charge in [0.2, 0.25) is 0 Å². The molecule has 0 radical (unpaired) electrons. The molecule has 1 heterocycles. The molecule has 5 nitrogen and oxygen atoms in total. The zero-order chi connectivity index (χ0) is 13.7. The average molecular weight is 315 g/mol. The number of carbonyl (C=O) groups excluding carboxylic acids is 1. The van der Waals surface area contributed by atoms with Crippen LogP contribution in [0.15, 0.2) is 16.7 Å². The Morgan fingerprint density at radius 2 is 2.17 bits per heavy atom. The molecule has 1 aromatic heterocycles. The lowest BCUT2D eigenvalue weighted by Gasteiger charge is -2.17. The highest BCUT2D eigenvalue weighted by molar-refractivity contribution is 9.10. The quantitative estimate of drug-likeness (QED) is 0.903. The molecule has 1 N–H and O–H groups in total. The van der Waals surface area contributed by atoms with Gasteiger partial charge in [0, 0.05) is 26.2 Å². The molecule has 0 spiro atoms. The highest BCUT2D eigenvalue weighted by atomic mass is 79.9. The Morgan fingerprint density at radius 3 is 2.78 bits per heavy atom. The molecule has 0 aliphatic rings. The number of pyridine rings is 1. The van der Waals surface area contributed by atoms with Gasteiger partial charge in [0.15, 0.2) is 0 Å². The van der Waals surface area contributed by atoms with Crippen molar-refractivity contribution in [2.75, 3.05) is 13.6 Å². The lowest BCUT2D eigenvalue weighted by atomic mass is 10.2. The van der Waals surface area contributed by atoms with Crippen LogP contribution in [0.3, 0.4) is 0 Å². The zero-order valence-corrected chi connectivity index (χ0v) is 11.9. The minimum absolute atomic E-state index is 0.0556. The van der Waals surface area contributed by atoms with E-state index in [1.807, 2.05) is 13.0 Å². The van der Waals surface area contributed by atoms with Crippen molar-refractivity contribution in [2.45, 2.75) is 19.8 Å². The second kappa shape index (κ2) is 6.49. The summed E-state index contributed by atoms with van der Waals surface area (Å²) in [5.74, 6) is -1.07. The molecule has 0 unspecified atom stereocenters. The Balaban J connectivity index is 2.69. The first-order valence-corrected chi connectivity index (χ1v) is 6.31. The van der Waals surface area contributed by atoms with E-state index in [1.165, 1.54) is 4.90 Å². The molecule has 0 saturated heterocycles. The van der Waals surface area contributed by atoms with Gasteiger partial charge in [-0.2, -0.15) is 0 Å². The van der Waals surface area contributed by atoms with E-state index in [0.29, 0.717) is 23.1 Å². The van der Waals surface area contributed by atoms with Crippen molar-refractivity contribution in [2.24, 2.45) is 0 Å². The Hall–Kier alpha value is -1.43. The van der Waals surface area contributed by atoms with Gasteiger partial charge in [-0.05, 0) is 40.9 Å². The molecule has 0 atom stereocenters. The first kappa shape index (κ1) is 14.6. The maximum absolute atomic E-state index is 12.1. The predicted octanol–water partition coefficient (Wildman–Crippen LogP) is 2.09. The van der Waals surface area contributed by atoms with Gasteiger partial charge < -0.3 is 10.0 Å². The predicted molar refractivity (Wildman–Crippen MR) is 70.5 cm³/mol. The number of rotatable bonds is 5. The van der Waals surface area contributed by atoms with E-state index in [1.54, 1.807) is 13.2 Å². The van der Waals surface area contributed by atoms with Crippen LogP contribution in [0.4, 0.5) is 0 Å². The molecule has 0 bridgehead atoms. The number of aliphatic carboxylic acids is 1. The molecule has 0 aliphatic carbocycles. The summed E-state index contributed by atoms with van der Waals surface area (Å²) in [4.78, 5) is 28.0. The Labute approximate surface area is 114 Å². The number of aryl methyl sites for hydroxylation is 1. The van der Waals surface area contributed by atoms with E-state index in [2.05, 4.69) is 20.9 Å². The minimum atomic E-state index is -0.856. The van der Waals surface area contributed by atoms with E-state index in [4.69, 9.17) is 5.11 Å². The van der Waals surface area contributed by atoms with Gasteiger partial charge in [0.25, 0.3) is 5.91 Å². The number of carbonyl (C=O) groups is 2. The maximum atomic E-state index is 12.1. The first-order valence-electron chi connectivity index (χ1n) is 5.52. The van der Waals surface area contributed by atoms with Crippen molar-refractivity contribution in [1.29, 1.82) is 0 Å². The van der Waals surface area contributed by atoms with Crippen LogP contribution in [-0.4, -0.2) is 40.5 Å². The third kappa shape index (κ3) is 3.80. The van der Waals surface area contributed by atoms with E-state index < -0.39 is 5.97 Å². The standard InChI is InChI=1S/C12H15BrN2O3/c1-8-5-6-14-11(10(8)13)12(18)15(2)7-3-4-9(16)17/h5-6H,3-4,7H2,1-2H3,(H,16,17). The van der Waals surface area contributed by atoms with Crippen molar-refractivity contribution in [3.8, 4) is 0 Å². The van der Waals surface area contributed by atoms with Gasteiger partial charge in [-0.1, -0.05) is 0 Å². The lowest BCUT2D eigenvalue weighted by Crippen LogP contribution is -2.29. The van der Waals surface area contributed by atoms with E-state index in [-0.39, 0.29) is 12.3 Å². The third-order valence-electron chi connectivity index (χ3n) is 2.52. The van der Waals surface area contributed by atoms with Crippen LogP contribution >= 0.6 is 15.9 Å². The van der Waals surface area contributed by atoms with Crippen LogP contribution in [0.2, 0.25) is 0 Å². The summed E-state index contributed by atoms with van der Waals surface area (Å²) >= 11 is 3.34. The molecule has 1 rings (SSSR count). The van der Waals surface area contributed by atoms with E-state index in [9.17, 15) is 9.59 Å². The summed E-state index contributed by atoms with van der Waals surface area (Å²) < 4.78 is 0.681. The summed E-state index contributed by atoms with van der Waals surface area (Å²) in [7, 11) is 1.64. The summed E-state index contributed by atoms with van der Waals surface area (Å²) in [5, 5.41) is 8.54. The number of carboxylic acids is 1. The lowest BCUT2D eigenvalue weighted by molar-refractivity contribution is -0.137. The van der Waals surface area contributed by atoms with Crippen molar-refractivity contribution < 1.29 is 14.7 Å². The summed E-state index contributed by atoms with van der Waals surface area (Å²) in [5.41, 5.74) is 1.29. The Bertz CT molecular complexity index is 463. The van der Waals surface area contributed by atoms with Crippen LogP contribution < -0.4 is 0 Å². The molecule has 6 heteroatoms. The molecule has 1 amide bonds. The highest BCUT2D eigenvalue weighted by Crippen LogP contribution is 2.20. The van der Waals surface area contributed by atoms with Gasteiger partial charge in [-0.25, -0.2) is 4.98 Å². The second-order valence-electron chi connectivity index (χ2n) is 4.01. The fourth-order valence-electron chi connectivity index (χ4n) is 1.44. The first-order chi connectivity index (χ1) is 8.43.